The number of aliphatic hydroxyl groups excluding tert-OH is 1. The Morgan fingerprint density at radius 1 is 1.03 bits per heavy atom. The number of hydrogen-bond donors (Lipinski definition) is 1. The van der Waals surface area contributed by atoms with E-state index >= 15 is 0 Å². The molecule has 1 atom stereocenters. The molecule has 1 aliphatic rings. The van der Waals surface area contributed by atoms with Crippen molar-refractivity contribution >= 4 is 5.69 Å². The highest BCUT2D eigenvalue weighted by Gasteiger charge is 2.31. The van der Waals surface area contributed by atoms with Gasteiger partial charge in [0.15, 0.2) is 0 Å². The number of anilines is 1. The van der Waals surface area contributed by atoms with Crippen molar-refractivity contribution in [1.29, 1.82) is 0 Å². The molecule has 0 aromatic heterocycles. The summed E-state index contributed by atoms with van der Waals surface area (Å²) in [6.45, 7) is 9.32. The summed E-state index contributed by atoms with van der Waals surface area (Å²) < 4.78 is 44.7. The highest BCUT2D eigenvalue weighted by molar-refractivity contribution is 5.49. The Balaban J connectivity index is 1.49. The zero-order chi connectivity index (χ0) is 21.9. The Labute approximate surface area is 175 Å². The first kappa shape index (κ1) is 22.4. The molecular formula is C23H29F3N2O2. The summed E-state index contributed by atoms with van der Waals surface area (Å²) in [5.41, 5.74) is 3.30. The van der Waals surface area contributed by atoms with Crippen molar-refractivity contribution in [2.45, 2.75) is 33.1 Å². The molecule has 1 fully saturated rings. The largest absolute Gasteiger partial charge is 0.491 e. The minimum atomic E-state index is -4.34. The van der Waals surface area contributed by atoms with Gasteiger partial charge in [0.1, 0.15) is 18.5 Å². The first-order valence-corrected chi connectivity index (χ1v) is 10.2. The van der Waals surface area contributed by atoms with Crippen molar-refractivity contribution in [1.82, 2.24) is 4.90 Å². The first-order valence-electron chi connectivity index (χ1n) is 10.2. The second-order valence-corrected chi connectivity index (χ2v) is 8.01. The van der Waals surface area contributed by atoms with Gasteiger partial charge in [0.25, 0.3) is 0 Å². The van der Waals surface area contributed by atoms with Crippen LogP contribution in [-0.2, 0) is 6.18 Å². The van der Waals surface area contributed by atoms with Crippen molar-refractivity contribution in [3.05, 3.63) is 58.7 Å². The summed E-state index contributed by atoms with van der Waals surface area (Å²) in [6, 6.07) is 9.52. The molecule has 0 spiro atoms. The molecule has 3 rings (SSSR count). The molecule has 30 heavy (non-hydrogen) atoms. The van der Waals surface area contributed by atoms with Gasteiger partial charge in [0.2, 0.25) is 0 Å². The van der Waals surface area contributed by atoms with E-state index < -0.39 is 17.8 Å². The van der Waals surface area contributed by atoms with Gasteiger partial charge in [-0.25, -0.2) is 0 Å². The van der Waals surface area contributed by atoms with Gasteiger partial charge in [-0.1, -0.05) is 12.1 Å². The SMILES string of the molecule is Cc1cc(C)c(C)c(OCC(O)CN2CCN(c3cccc(C(F)(F)F)c3)CC2)c1. The van der Waals surface area contributed by atoms with E-state index in [4.69, 9.17) is 4.74 Å². The van der Waals surface area contributed by atoms with Gasteiger partial charge in [-0.2, -0.15) is 13.2 Å². The van der Waals surface area contributed by atoms with E-state index in [0.29, 0.717) is 38.4 Å². The van der Waals surface area contributed by atoms with Crippen LogP contribution in [0.1, 0.15) is 22.3 Å². The lowest BCUT2D eigenvalue weighted by atomic mass is 10.1. The van der Waals surface area contributed by atoms with Crippen molar-refractivity contribution < 1.29 is 23.0 Å². The molecule has 1 N–H and O–H groups in total. The van der Waals surface area contributed by atoms with Crippen LogP contribution in [0.3, 0.4) is 0 Å². The maximum absolute atomic E-state index is 12.9. The third-order valence-electron chi connectivity index (χ3n) is 5.58. The van der Waals surface area contributed by atoms with Crippen LogP contribution in [0, 0.1) is 20.8 Å². The number of rotatable bonds is 6. The third kappa shape index (κ3) is 5.67. The van der Waals surface area contributed by atoms with Crippen LogP contribution in [0.5, 0.6) is 5.75 Å². The number of aliphatic hydroxyl groups is 1. The zero-order valence-electron chi connectivity index (χ0n) is 17.7. The molecule has 0 aliphatic carbocycles. The van der Waals surface area contributed by atoms with Crippen molar-refractivity contribution in [2.24, 2.45) is 0 Å². The fourth-order valence-electron chi connectivity index (χ4n) is 3.76. The van der Waals surface area contributed by atoms with Crippen molar-refractivity contribution in [3.63, 3.8) is 0 Å². The Kier molecular flexibility index (Phi) is 6.93. The van der Waals surface area contributed by atoms with Crippen LogP contribution in [0.4, 0.5) is 18.9 Å². The van der Waals surface area contributed by atoms with E-state index in [2.05, 4.69) is 11.0 Å². The number of nitrogens with zero attached hydrogens (tertiary/aromatic N) is 2. The molecule has 0 radical (unpaired) electrons. The van der Waals surface area contributed by atoms with Crippen LogP contribution < -0.4 is 9.64 Å². The lowest BCUT2D eigenvalue weighted by Gasteiger charge is -2.37. The average Bonchev–Trinajstić information content (AvgIpc) is 2.69. The van der Waals surface area contributed by atoms with Crippen molar-refractivity contribution in [3.8, 4) is 5.75 Å². The molecule has 4 nitrogen and oxygen atoms in total. The second kappa shape index (κ2) is 9.27. The maximum Gasteiger partial charge on any atom is 0.416 e. The lowest BCUT2D eigenvalue weighted by Crippen LogP contribution is -2.49. The van der Waals surface area contributed by atoms with Crippen LogP contribution in [0.25, 0.3) is 0 Å². The summed E-state index contributed by atoms with van der Waals surface area (Å²) >= 11 is 0. The Bertz CT molecular complexity index is 862. The average molecular weight is 422 g/mol. The molecule has 0 bridgehead atoms. The number of hydrogen-bond acceptors (Lipinski definition) is 4. The molecule has 0 saturated carbocycles. The van der Waals surface area contributed by atoms with E-state index in [-0.39, 0.29) is 6.61 Å². The van der Waals surface area contributed by atoms with E-state index in [1.807, 2.05) is 31.7 Å². The fourth-order valence-corrected chi connectivity index (χ4v) is 3.76. The van der Waals surface area contributed by atoms with E-state index in [0.717, 1.165) is 28.5 Å². The summed E-state index contributed by atoms with van der Waals surface area (Å²) in [7, 11) is 0. The summed E-state index contributed by atoms with van der Waals surface area (Å²) in [4.78, 5) is 4.07. The molecule has 1 unspecified atom stereocenters. The topological polar surface area (TPSA) is 35.9 Å². The highest BCUT2D eigenvalue weighted by Crippen LogP contribution is 2.32. The van der Waals surface area contributed by atoms with E-state index in [1.54, 1.807) is 6.07 Å². The maximum atomic E-state index is 12.9. The summed E-state index contributed by atoms with van der Waals surface area (Å²) in [5.74, 6) is 0.793. The van der Waals surface area contributed by atoms with Gasteiger partial charge in [-0.15, -0.1) is 0 Å². The Morgan fingerprint density at radius 3 is 2.40 bits per heavy atom. The molecule has 2 aromatic rings. The second-order valence-electron chi connectivity index (χ2n) is 8.01. The number of ether oxygens (including phenoxy) is 1. The number of piperazine rings is 1. The molecule has 164 valence electrons. The summed E-state index contributed by atoms with van der Waals surface area (Å²) in [6.07, 6.45) is -4.97. The van der Waals surface area contributed by atoms with Gasteiger partial charge in [0.05, 0.1) is 5.56 Å². The number of alkyl halides is 3. The van der Waals surface area contributed by atoms with Crippen LogP contribution in [0.2, 0.25) is 0 Å². The number of aryl methyl sites for hydroxylation is 2. The first-order chi connectivity index (χ1) is 14.1. The quantitative estimate of drug-likeness (QED) is 0.757. The molecule has 7 heteroatoms. The molecule has 2 aromatic carbocycles. The van der Waals surface area contributed by atoms with Gasteiger partial charge in [0, 0.05) is 38.4 Å². The smallest absolute Gasteiger partial charge is 0.416 e. The van der Waals surface area contributed by atoms with Gasteiger partial charge in [-0.3, -0.25) is 4.90 Å². The Hall–Kier alpha value is -2.25. The van der Waals surface area contributed by atoms with Gasteiger partial charge < -0.3 is 14.7 Å². The number of halogens is 3. The minimum Gasteiger partial charge on any atom is -0.491 e. The van der Waals surface area contributed by atoms with Crippen LogP contribution >= 0.6 is 0 Å². The van der Waals surface area contributed by atoms with E-state index in [9.17, 15) is 18.3 Å². The third-order valence-corrected chi connectivity index (χ3v) is 5.58. The number of β-amino-alcohol motifs (C(OH)–C–C–N with tert-alkyl or cyclic N) is 1. The predicted octanol–water partition coefficient (Wildman–Crippen LogP) is 4.19. The van der Waals surface area contributed by atoms with Gasteiger partial charge in [-0.05, 0) is 61.7 Å². The zero-order valence-corrected chi connectivity index (χ0v) is 17.7. The normalized spacial score (nSPS) is 16.6. The standard InChI is InChI=1S/C23H29F3N2O2/c1-16-11-17(2)18(3)22(12-16)30-15-21(29)14-27-7-9-28(10-8-27)20-6-4-5-19(13-20)23(24,25)26/h4-6,11-13,21,29H,7-10,14-15H2,1-3H3. The summed E-state index contributed by atoms with van der Waals surface area (Å²) in [5, 5.41) is 10.4. The van der Waals surface area contributed by atoms with Crippen LogP contribution in [-0.4, -0.2) is 55.4 Å². The molecular weight excluding hydrogens is 393 g/mol. The highest BCUT2D eigenvalue weighted by atomic mass is 19.4. The molecule has 1 aliphatic heterocycles. The lowest BCUT2D eigenvalue weighted by molar-refractivity contribution is -0.137. The van der Waals surface area contributed by atoms with Crippen LogP contribution in [0.15, 0.2) is 36.4 Å². The number of benzene rings is 2. The Morgan fingerprint density at radius 2 is 1.73 bits per heavy atom. The molecule has 1 heterocycles. The van der Waals surface area contributed by atoms with E-state index in [1.165, 1.54) is 12.1 Å². The molecule has 1 saturated heterocycles. The minimum absolute atomic E-state index is 0.206. The van der Waals surface area contributed by atoms with Crippen molar-refractivity contribution in [2.75, 3.05) is 44.2 Å². The monoisotopic (exact) mass is 422 g/mol. The molecule has 0 amide bonds. The predicted molar refractivity (Wildman–Crippen MR) is 112 cm³/mol. The van der Waals surface area contributed by atoms with Gasteiger partial charge >= 0.3 is 6.18 Å². The fraction of sp³-hybridized carbons (Fsp3) is 0.478.